The molecule has 174 valence electrons. The van der Waals surface area contributed by atoms with Crippen LogP contribution in [0.2, 0.25) is 0 Å². The van der Waals surface area contributed by atoms with Gasteiger partial charge in [-0.1, -0.05) is 49.7 Å². The summed E-state index contributed by atoms with van der Waals surface area (Å²) < 4.78 is 0. The van der Waals surface area contributed by atoms with Crippen molar-refractivity contribution in [2.24, 2.45) is 5.92 Å². The second kappa shape index (κ2) is 10.8. The maximum Gasteiger partial charge on any atom is 0.258 e. The first-order valence-electron chi connectivity index (χ1n) is 11.7. The lowest BCUT2D eigenvalue weighted by molar-refractivity contribution is -0.122. The summed E-state index contributed by atoms with van der Waals surface area (Å²) in [6.07, 6.45) is 2.09. The van der Waals surface area contributed by atoms with Crippen molar-refractivity contribution in [1.29, 1.82) is 0 Å². The van der Waals surface area contributed by atoms with Crippen molar-refractivity contribution in [3.63, 3.8) is 0 Å². The lowest BCUT2D eigenvalue weighted by Gasteiger charge is -2.23. The molecule has 1 unspecified atom stereocenters. The minimum atomic E-state index is -0.420. The SMILES string of the molecule is CCCCN(C(=O)c1ccc(NC(=O)C2CC(=O)N(c3ccccc3)C2)cc1)c1ccccc1. The van der Waals surface area contributed by atoms with Crippen LogP contribution in [0.3, 0.4) is 0 Å². The molecule has 0 saturated carbocycles. The molecule has 6 heteroatoms. The van der Waals surface area contributed by atoms with E-state index in [2.05, 4.69) is 12.2 Å². The second-order valence-electron chi connectivity index (χ2n) is 8.45. The fourth-order valence-electron chi connectivity index (χ4n) is 4.11. The molecular formula is C28H29N3O3. The summed E-state index contributed by atoms with van der Waals surface area (Å²) in [5.41, 5.74) is 2.83. The number of anilines is 3. The van der Waals surface area contributed by atoms with Crippen LogP contribution in [0.25, 0.3) is 0 Å². The van der Waals surface area contributed by atoms with Gasteiger partial charge in [-0.2, -0.15) is 0 Å². The fraction of sp³-hybridized carbons (Fsp3) is 0.250. The van der Waals surface area contributed by atoms with Gasteiger partial charge in [0.2, 0.25) is 11.8 Å². The molecule has 0 bridgehead atoms. The largest absolute Gasteiger partial charge is 0.326 e. The lowest BCUT2D eigenvalue weighted by atomic mass is 10.1. The Balaban J connectivity index is 1.41. The molecule has 1 aliphatic rings. The van der Waals surface area contributed by atoms with Gasteiger partial charge in [-0.25, -0.2) is 0 Å². The Hall–Kier alpha value is -3.93. The molecule has 0 aromatic heterocycles. The van der Waals surface area contributed by atoms with E-state index in [4.69, 9.17) is 0 Å². The van der Waals surface area contributed by atoms with Crippen LogP contribution >= 0.6 is 0 Å². The number of carbonyl (C=O) groups excluding carboxylic acids is 3. The average molecular weight is 456 g/mol. The zero-order valence-corrected chi connectivity index (χ0v) is 19.3. The van der Waals surface area contributed by atoms with E-state index in [0.717, 1.165) is 24.2 Å². The number of benzene rings is 3. The molecule has 3 aromatic carbocycles. The van der Waals surface area contributed by atoms with Crippen molar-refractivity contribution < 1.29 is 14.4 Å². The summed E-state index contributed by atoms with van der Waals surface area (Å²) in [7, 11) is 0. The van der Waals surface area contributed by atoms with Crippen LogP contribution in [0, 0.1) is 5.92 Å². The van der Waals surface area contributed by atoms with Gasteiger partial charge in [0.15, 0.2) is 0 Å². The van der Waals surface area contributed by atoms with Gasteiger partial charge in [0, 0.05) is 42.1 Å². The van der Waals surface area contributed by atoms with Crippen molar-refractivity contribution in [2.45, 2.75) is 26.2 Å². The molecule has 1 saturated heterocycles. The number of hydrogen-bond acceptors (Lipinski definition) is 3. The molecule has 0 spiro atoms. The zero-order chi connectivity index (χ0) is 23.9. The zero-order valence-electron chi connectivity index (χ0n) is 19.3. The van der Waals surface area contributed by atoms with Crippen LogP contribution in [0.1, 0.15) is 36.5 Å². The van der Waals surface area contributed by atoms with E-state index in [9.17, 15) is 14.4 Å². The predicted octanol–water partition coefficient (Wildman–Crippen LogP) is 5.13. The van der Waals surface area contributed by atoms with E-state index in [1.165, 1.54) is 0 Å². The summed E-state index contributed by atoms with van der Waals surface area (Å²) in [5, 5.41) is 2.90. The monoisotopic (exact) mass is 455 g/mol. The highest BCUT2D eigenvalue weighted by Gasteiger charge is 2.35. The molecule has 6 nitrogen and oxygen atoms in total. The third-order valence-corrected chi connectivity index (χ3v) is 6.01. The molecule has 3 amide bonds. The van der Waals surface area contributed by atoms with Crippen LogP contribution in [-0.2, 0) is 9.59 Å². The molecule has 0 radical (unpaired) electrons. The highest BCUT2D eigenvalue weighted by Crippen LogP contribution is 2.26. The van der Waals surface area contributed by atoms with E-state index in [0.29, 0.717) is 24.3 Å². The first kappa shape index (κ1) is 23.2. The summed E-state index contributed by atoms with van der Waals surface area (Å²) in [4.78, 5) is 41.9. The third-order valence-electron chi connectivity index (χ3n) is 6.01. The first-order chi connectivity index (χ1) is 16.6. The molecule has 34 heavy (non-hydrogen) atoms. The van der Waals surface area contributed by atoms with E-state index in [1.807, 2.05) is 60.7 Å². The van der Waals surface area contributed by atoms with Gasteiger partial charge < -0.3 is 15.1 Å². The van der Waals surface area contributed by atoms with Crippen molar-refractivity contribution in [1.82, 2.24) is 0 Å². The van der Waals surface area contributed by atoms with Crippen LogP contribution in [0.15, 0.2) is 84.9 Å². The van der Waals surface area contributed by atoms with Crippen molar-refractivity contribution in [2.75, 3.05) is 28.2 Å². The Morgan fingerprint density at radius 3 is 2.24 bits per heavy atom. The van der Waals surface area contributed by atoms with Gasteiger partial charge in [0.25, 0.3) is 5.91 Å². The number of carbonyl (C=O) groups is 3. The van der Waals surface area contributed by atoms with Crippen LogP contribution in [0.4, 0.5) is 17.1 Å². The molecule has 0 aliphatic carbocycles. The van der Waals surface area contributed by atoms with Gasteiger partial charge >= 0.3 is 0 Å². The molecule has 1 heterocycles. The van der Waals surface area contributed by atoms with Crippen LogP contribution in [-0.4, -0.2) is 30.8 Å². The highest BCUT2D eigenvalue weighted by atomic mass is 16.2. The Morgan fingerprint density at radius 1 is 0.941 bits per heavy atom. The Kier molecular flexibility index (Phi) is 7.38. The standard InChI is InChI=1S/C28H29N3O3/c1-2-3-18-30(24-10-6-4-7-11-24)28(34)21-14-16-23(17-15-21)29-27(33)22-19-26(32)31(20-22)25-12-8-5-9-13-25/h4-17,22H,2-3,18-20H2,1H3,(H,29,33). The number of amides is 3. The van der Waals surface area contributed by atoms with Crippen LogP contribution in [0.5, 0.6) is 0 Å². The maximum atomic E-state index is 13.2. The molecule has 1 atom stereocenters. The van der Waals surface area contributed by atoms with Crippen molar-refractivity contribution >= 4 is 34.8 Å². The molecule has 3 aromatic rings. The Morgan fingerprint density at radius 2 is 1.59 bits per heavy atom. The summed E-state index contributed by atoms with van der Waals surface area (Å²) >= 11 is 0. The molecule has 4 rings (SSSR count). The Bertz CT molecular complexity index is 1130. The number of nitrogens with one attached hydrogen (secondary N) is 1. The quantitative estimate of drug-likeness (QED) is 0.512. The van der Waals surface area contributed by atoms with Gasteiger partial charge in [-0.05, 0) is 55.0 Å². The topological polar surface area (TPSA) is 69.7 Å². The van der Waals surface area contributed by atoms with Crippen molar-refractivity contribution in [3.05, 3.63) is 90.5 Å². The molecule has 1 N–H and O–H groups in total. The summed E-state index contributed by atoms with van der Waals surface area (Å²) in [6.45, 7) is 3.10. The first-order valence-corrected chi connectivity index (χ1v) is 11.7. The normalized spacial score (nSPS) is 15.3. The third kappa shape index (κ3) is 5.34. The summed E-state index contributed by atoms with van der Waals surface area (Å²) in [6, 6.07) is 26.0. The van der Waals surface area contributed by atoms with E-state index < -0.39 is 5.92 Å². The van der Waals surface area contributed by atoms with Gasteiger partial charge in [0.1, 0.15) is 0 Å². The molecule has 1 fully saturated rings. The lowest BCUT2D eigenvalue weighted by Crippen LogP contribution is -2.32. The van der Waals surface area contributed by atoms with Crippen molar-refractivity contribution in [3.8, 4) is 0 Å². The highest BCUT2D eigenvalue weighted by molar-refractivity contribution is 6.07. The van der Waals surface area contributed by atoms with Gasteiger partial charge in [-0.3, -0.25) is 14.4 Å². The number of rotatable bonds is 8. The van der Waals surface area contributed by atoms with E-state index in [1.54, 1.807) is 34.1 Å². The van der Waals surface area contributed by atoms with Crippen LogP contribution < -0.4 is 15.1 Å². The minimum absolute atomic E-state index is 0.0552. The smallest absolute Gasteiger partial charge is 0.258 e. The van der Waals surface area contributed by atoms with Gasteiger partial charge in [-0.15, -0.1) is 0 Å². The number of unbranched alkanes of at least 4 members (excludes halogenated alkanes) is 1. The Labute approximate surface area is 200 Å². The summed E-state index contributed by atoms with van der Waals surface area (Å²) in [5.74, 6) is -0.742. The molecular weight excluding hydrogens is 426 g/mol. The number of hydrogen-bond donors (Lipinski definition) is 1. The van der Waals surface area contributed by atoms with Gasteiger partial charge in [0.05, 0.1) is 5.92 Å². The maximum absolute atomic E-state index is 13.2. The minimum Gasteiger partial charge on any atom is -0.326 e. The number of para-hydroxylation sites is 2. The second-order valence-corrected chi connectivity index (χ2v) is 8.45. The van der Waals surface area contributed by atoms with E-state index in [-0.39, 0.29) is 24.1 Å². The predicted molar refractivity (Wildman–Crippen MR) is 135 cm³/mol. The fourth-order valence-corrected chi connectivity index (χ4v) is 4.11. The number of nitrogens with zero attached hydrogens (tertiary/aromatic N) is 2. The molecule has 1 aliphatic heterocycles. The average Bonchev–Trinajstić information content (AvgIpc) is 3.27. The van der Waals surface area contributed by atoms with E-state index >= 15 is 0 Å².